The summed E-state index contributed by atoms with van der Waals surface area (Å²) in [6.45, 7) is 0.537. The third kappa shape index (κ3) is 2.90. The highest BCUT2D eigenvalue weighted by molar-refractivity contribution is 6.31. The molecule has 17 heavy (non-hydrogen) atoms. The first-order valence-electron chi connectivity index (χ1n) is 5.67. The van der Waals surface area contributed by atoms with Crippen molar-refractivity contribution >= 4 is 23.2 Å². The Labute approximate surface area is 105 Å². The van der Waals surface area contributed by atoms with Gasteiger partial charge in [0.2, 0.25) is 0 Å². The normalized spacial score (nSPS) is 16.6. The molecular weight excluding hydrogens is 238 g/mol. The van der Waals surface area contributed by atoms with E-state index in [9.17, 15) is 4.79 Å². The van der Waals surface area contributed by atoms with Gasteiger partial charge in [0.25, 0.3) is 5.91 Å². The zero-order chi connectivity index (χ0) is 12.4. The third-order valence-corrected chi connectivity index (χ3v) is 3.27. The molecule has 5 heteroatoms. The van der Waals surface area contributed by atoms with Crippen molar-refractivity contribution in [1.29, 1.82) is 0 Å². The molecule has 0 aromatic heterocycles. The minimum atomic E-state index is -0.462. The molecule has 0 spiro atoms. The van der Waals surface area contributed by atoms with Crippen molar-refractivity contribution < 1.29 is 4.79 Å². The van der Waals surface area contributed by atoms with Gasteiger partial charge in [0.15, 0.2) is 0 Å². The fourth-order valence-electron chi connectivity index (χ4n) is 1.92. The Morgan fingerprint density at radius 1 is 1.53 bits per heavy atom. The van der Waals surface area contributed by atoms with Crippen molar-refractivity contribution in [2.45, 2.75) is 18.9 Å². The van der Waals surface area contributed by atoms with Crippen molar-refractivity contribution in [3.63, 3.8) is 0 Å². The lowest BCUT2D eigenvalue weighted by atomic mass is 10.1. The lowest BCUT2D eigenvalue weighted by Crippen LogP contribution is -2.31. The molecule has 1 aromatic rings. The van der Waals surface area contributed by atoms with Gasteiger partial charge in [-0.3, -0.25) is 4.79 Å². The van der Waals surface area contributed by atoms with Crippen LogP contribution in [0.15, 0.2) is 18.2 Å². The van der Waals surface area contributed by atoms with E-state index in [1.54, 1.807) is 18.2 Å². The number of nitrogens with one attached hydrogen (secondary N) is 1. The smallest absolute Gasteiger partial charge is 0.250 e. The number of halogens is 1. The third-order valence-electron chi connectivity index (χ3n) is 3.03. The van der Waals surface area contributed by atoms with Gasteiger partial charge in [0.1, 0.15) is 0 Å². The molecule has 1 aliphatic carbocycles. The van der Waals surface area contributed by atoms with Gasteiger partial charge in [-0.05, 0) is 37.0 Å². The Balaban J connectivity index is 2.22. The molecule has 0 saturated heterocycles. The van der Waals surface area contributed by atoms with E-state index in [0.717, 1.165) is 0 Å². The molecule has 1 saturated carbocycles. The Morgan fingerprint density at radius 3 is 2.76 bits per heavy atom. The topological polar surface area (TPSA) is 81.1 Å². The summed E-state index contributed by atoms with van der Waals surface area (Å²) in [5, 5.41) is 3.84. The predicted molar refractivity (Wildman–Crippen MR) is 69.2 cm³/mol. The van der Waals surface area contributed by atoms with Crippen LogP contribution in [0.2, 0.25) is 5.02 Å². The highest BCUT2D eigenvalue weighted by atomic mass is 35.5. The summed E-state index contributed by atoms with van der Waals surface area (Å²) in [4.78, 5) is 11.3. The van der Waals surface area contributed by atoms with Crippen LogP contribution in [0.5, 0.6) is 0 Å². The second-order valence-electron chi connectivity index (χ2n) is 4.38. The molecule has 2 rings (SSSR count). The first-order chi connectivity index (χ1) is 8.11. The number of amides is 1. The molecule has 0 heterocycles. The van der Waals surface area contributed by atoms with Gasteiger partial charge in [0, 0.05) is 23.3 Å². The number of nitrogens with two attached hydrogens (primary N) is 2. The van der Waals surface area contributed by atoms with Gasteiger partial charge in [0.05, 0.1) is 5.56 Å². The molecule has 1 fully saturated rings. The summed E-state index contributed by atoms with van der Waals surface area (Å²) in [7, 11) is 0. The monoisotopic (exact) mass is 253 g/mol. The van der Waals surface area contributed by atoms with Crippen molar-refractivity contribution in [3.05, 3.63) is 28.8 Å². The minimum Gasteiger partial charge on any atom is -0.380 e. The Bertz CT molecular complexity index is 432. The molecule has 1 unspecified atom stereocenters. The molecule has 0 bridgehead atoms. The molecule has 1 amide bonds. The van der Waals surface area contributed by atoms with Crippen molar-refractivity contribution in [2.75, 3.05) is 11.9 Å². The van der Waals surface area contributed by atoms with Gasteiger partial charge in [-0.15, -0.1) is 0 Å². The van der Waals surface area contributed by atoms with Crippen LogP contribution in [-0.4, -0.2) is 18.5 Å². The lowest BCUT2D eigenvalue weighted by Gasteiger charge is -2.19. The molecule has 5 N–H and O–H groups in total. The van der Waals surface area contributed by atoms with Crippen LogP contribution >= 0.6 is 11.6 Å². The van der Waals surface area contributed by atoms with E-state index < -0.39 is 5.91 Å². The van der Waals surface area contributed by atoms with Gasteiger partial charge >= 0.3 is 0 Å². The summed E-state index contributed by atoms with van der Waals surface area (Å²) in [6, 6.07) is 5.19. The molecule has 4 nitrogen and oxygen atoms in total. The maximum atomic E-state index is 11.3. The number of primary amides is 1. The molecule has 0 radical (unpaired) electrons. The van der Waals surface area contributed by atoms with Crippen LogP contribution < -0.4 is 16.8 Å². The van der Waals surface area contributed by atoms with E-state index in [1.165, 1.54) is 12.8 Å². The molecule has 1 aliphatic rings. The van der Waals surface area contributed by atoms with Gasteiger partial charge < -0.3 is 16.8 Å². The maximum absolute atomic E-state index is 11.3. The zero-order valence-corrected chi connectivity index (χ0v) is 10.2. The Kier molecular flexibility index (Phi) is 3.54. The SMILES string of the molecule is NCC(Nc1cc(Cl)ccc1C(N)=O)C1CC1. The van der Waals surface area contributed by atoms with Crippen LogP contribution in [0, 0.1) is 5.92 Å². The minimum absolute atomic E-state index is 0.187. The van der Waals surface area contributed by atoms with Crippen LogP contribution in [-0.2, 0) is 0 Å². The van der Waals surface area contributed by atoms with E-state index in [0.29, 0.717) is 28.7 Å². The number of carbonyl (C=O) groups is 1. The highest BCUT2D eigenvalue weighted by Gasteiger charge is 2.30. The molecule has 92 valence electrons. The standard InChI is InChI=1S/C12H16ClN3O/c13-8-3-4-9(12(15)17)10(5-8)16-11(6-14)7-1-2-7/h3-5,7,11,16H,1-2,6,14H2,(H2,15,17). The second-order valence-corrected chi connectivity index (χ2v) is 4.81. The van der Waals surface area contributed by atoms with Crippen molar-refractivity contribution in [3.8, 4) is 0 Å². The highest BCUT2D eigenvalue weighted by Crippen LogP contribution is 2.34. The summed E-state index contributed by atoms with van der Waals surface area (Å²) in [5.41, 5.74) is 12.2. The summed E-state index contributed by atoms with van der Waals surface area (Å²) < 4.78 is 0. The zero-order valence-electron chi connectivity index (χ0n) is 9.45. The van der Waals surface area contributed by atoms with Crippen LogP contribution in [0.4, 0.5) is 5.69 Å². The van der Waals surface area contributed by atoms with E-state index in [4.69, 9.17) is 23.1 Å². The summed E-state index contributed by atoms with van der Waals surface area (Å²) >= 11 is 5.92. The number of rotatable bonds is 5. The van der Waals surface area contributed by atoms with Crippen molar-refractivity contribution in [1.82, 2.24) is 0 Å². The van der Waals surface area contributed by atoms with Crippen LogP contribution in [0.1, 0.15) is 23.2 Å². The summed E-state index contributed by atoms with van der Waals surface area (Å²) in [5.74, 6) is 0.135. The van der Waals surface area contributed by atoms with E-state index in [-0.39, 0.29) is 6.04 Å². The van der Waals surface area contributed by atoms with Crippen LogP contribution in [0.3, 0.4) is 0 Å². The molecule has 1 aromatic carbocycles. The number of benzene rings is 1. The fourth-order valence-corrected chi connectivity index (χ4v) is 2.09. The van der Waals surface area contributed by atoms with Gasteiger partial charge in [-0.1, -0.05) is 11.6 Å². The average molecular weight is 254 g/mol. The first kappa shape index (κ1) is 12.2. The maximum Gasteiger partial charge on any atom is 0.250 e. The number of anilines is 1. The number of hydrogen-bond acceptors (Lipinski definition) is 3. The van der Waals surface area contributed by atoms with Crippen LogP contribution in [0.25, 0.3) is 0 Å². The predicted octanol–water partition coefficient (Wildman–Crippen LogP) is 1.59. The average Bonchev–Trinajstić information content (AvgIpc) is 3.09. The van der Waals surface area contributed by atoms with E-state index in [2.05, 4.69) is 5.32 Å². The number of carbonyl (C=O) groups excluding carboxylic acids is 1. The molecule has 1 atom stereocenters. The lowest BCUT2D eigenvalue weighted by molar-refractivity contribution is 0.100. The summed E-state index contributed by atoms with van der Waals surface area (Å²) in [6.07, 6.45) is 2.36. The Hall–Kier alpha value is -1.26. The first-order valence-corrected chi connectivity index (χ1v) is 6.05. The van der Waals surface area contributed by atoms with E-state index >= 15 is 0 Å². The second kappa shape index (κ2) is 4.94. The molecule has 0 aliphatic heterocycles. The van der Waals surface area contributed by atoms with Crippen molar-refractivity contribution in [2.24, 2.45) is 17.4 Å². The van der Waals surface area contributed by atoms with Gasteiger partial charge in [-0.2, -0.15) is 0 Å². The molecular formula is C12H16ClN3O. The van der Waals surface area contributed by atoms with Gasteiger partial charge in [-0.25, -0.2) is 0 Å². The number of hydrogen-bond donors (Lipinski definition) is 3. The Morgan fingerprint density at radius 2 is 2.24 bits per heavy atom. The quantitative estimate of drug-likeness (QED) is 0.745. The van der Waals surface area contributed by atoms with E-state index in [1.807, 2.05) is 0 Å². The fraction of sp³-hybridized carbons (Fsp3) is 0.417. The largest absolute Gasteiger partial charge is 0.380 e.